The van der Waals surface area contributed by atoms with Gasteiger partial charge in [0.2, 0.25) is 5.91 Å². The molecule has 1 aliphatic heterocycles. The predicted molar refractivity (Wildman–Crippen MR) is 76.2 cm³/mol. The Morgan fingerprint density at radius 2 is 1.88 bits per heavy atom. The third-order valence-corrected chi connectivity index (χ3v) is 6.52. The number of nitrogens with one attached hydrogen (secondary N) is 2. The summed E-state index contributed by atoms with van der Waals surface area (Å²) in [6.07, 6.45) is 0.0301. The molecule has 1 saturated heterocycles. The van der Waals surface area contributed by atoms with Crippen LogP contribution < -0.4 is 10.3 Å². The van der Waals surface area contributed by atoms with Gasteiger partial charge in [-0.2, -0.15) is 0 Å². The van der Waals surface area contributed by atoms with Gasteiger partial charge in [0.05, 0.1) is 11.5 Å². The minimum atomic E-state index is -4.66. The smallest absolute Gasteiger partial charge is 0.260 e. The highest BCUT2D eigenvalue weighted by Gasteiger charge is 2.30. The Kier molecular flexibility index (Phi) is 5.20. The fraction of sp³-hybridized carbons (Fsp3) is 0.417. The van der Waals surface area contributed by atoms with E-state index >= 15 is 0 Å². The summed E-state index contributed by atoms with van der Waals surface area (Å²) in [4.78, 5) is 12.0. The average Bonchev–Trinajstić information content (AvgIpc) is 2.81. The van der Waals surface area contributed by atoms with E-state index in [0.29, 0.717) is 12.1 Å². The summed E-state index contributed by atoms with van der Waals surface area (Å²) in [5.74, 6) is -6.93. The van der Waals surface area contributed by atoms with Gasteiger partial charge in [0.25, 0.3) is 10.0 Å². The lowest BCUT2D eigenvalue weighted by Gasteiger charge is -2.11. The predicted octanol–water partition coefficient (Wildman–Crippen LogP) is 0.238. The monoisotopic (exact) mass is 386 g/mol. The van der Waals surface area contributed by atoms with Gasteiger partial charge in [0.15, 0.2) is 27.3 Å². The van der Waals surface area contributed by atoms with Gasteiger partial charge >= 0.3 is 0 Å². The molecule has 2 N–H and O–H groups in total. The number of benzene rings is 1. The van der Waals surface area contributed by atoms with Crippen molar-refractivity contribution in [2.24, 2.45) is 5.92 Å². The van der Waals surface area contributed by atoms with Gasteiger partial charge in [-0.1, -0.05) is 0 Å². The van der Waals surface area contributed by atoms with Crippen LogP contribution in [0.25, 0.3) is 0 Å². The van der Waals surface area contributed by atoms with Gasteiger partial charge in [-0.15, -0.1) is 4.83 Å². The number of sulfonamides is 1. The standard InChI is InChI=1S/C12H13F3N2O5S2/c13-8-1-2-9(12(15)11(8)14)24(21,22)17-16-10(18)5-7-3-4-23(19,20)6-7/h1-2,7,17H,3-6H2,(H,16,18)/t7-/m0/s1. The number of carbonyl (C=O) groups is 1. The van der Waals surface area contributed by atoms with E-state index in [2.05, 4.69) is 0 Å². The molecule has 2 rings (SSSR count). The normalized spacial score (nSPS) is 20.0. The number of hydrazine groups is 1. The van der Waals surface area contributed by atoms with E-state index in [0.717, 1.165) is 0 Å². The lowest BCUT2D eigenvalue weighted by atomic mass is 10.1. The Bertz CT molecular complexity index is 871. The Hall–Kier alpha value is -1.66. The minimum absolute atomic E-state index is 0.0449. The van der Waals surface area contributed by atoms with Gasteiger partial charge in [0, 0.05) is 6.42 Å². The maximum absolute atomic E-state index is 13.5. The van der Waals surface area contributed by atoms with Gasteiger partial charge in [0.1, 0.15) is 4.90 Å². The van der Waals surface area contributed by atoms with Crippen molar-refractivity contribution in [2.75, 3.05) is 11.5 Å². The van der Waals surface area contributed by atoms with Gasteiger partial charge < -0.3 is 0 Å². The van der Waals surface area contributed by atoms with E-state index in [9.17, 15) is 34.8 Å². The molecule has 12 heteroatoms. The molecule has 7 nitrogen and oxygen atoms in total. The maximum atomic E-state index is 13.5. The van der Waals surface area contributed by atoms with Gasteiger partial charge in [-0.25, -0.2) is 30.0 Å². The van der Waals surface area contributed by atoms with E-state index < -0.39 is 54.0 Å². The lowest BCUT2D eigenvalue weighted by Crippen LogP contribution is -2.42. The van der Waals surface area contributed by atoms with Crippen LogP contribution in [0.15, 0.2) is 17.0 Å². The lowest BCUT2D eigenvalue weighted by molar-refractivity contribution is -0.122. The molecule has 0 saturated carbocycles. The summed E-state index contributed by atoms with van der Waals surface area (Å²) < 4.78 is 85.5. The number of hydrogen-bond acceptors (Lipinski definition) is 5. The third kappa shape index (κ3) is 4.24. The molecule has 1 aliphatic rings. The second-order valence-electron chi connectivity index (χ2n) is 5.30. The molecule has 24 heavy (non-hydrogen) atoms. The first-order chi connectivity index (χ1) is 11.0. The van der Waals surface area contributed by atoms with E-state index in [1.165, 1.54) is 0 Å². The summed E-state index contributed by atoms with van der Waals surface area (Å²) >= 11 is 0. The van der Waals surface area contributed by atoms with Crippen molar-refractivity contribution >= 4 is 25.8 Å². The van der Waals surface area contributed by atoms with Crippen LogP contribution in [-0.2, 0) is 24.7 Å². The zero-order chi connectivity index (χ0) is 18.1. The van der Waals surface area contributed by atoms with Gasteiger partial charge in [-0.3, -0.25) is 10.2 Å². The maximum Gasteiger partial charge on any atom is 0.260 e. The fourth-order valence-electron chi connectivity index (χ4n) is 2.24. The zero-order valence-corrected chi connectivity index (χ0v) is 13.7. The molecular formula is C12H13F3N2O5S2. The van der Waals surface area contributed by atoms with Crippen LogP contribution >= 0.6 is 0 Å². The summed E-state index contributed by atoms with van der Waals surface area (Å²) in [7, 11) is -7.85. The molecule has 0 aromatic heterocycles. The zero-order valence-electron chi connectivity index (χ0n) is 12.1. The summed E-state index contributed by atoms with van der Waals surface area (Å²) in [6, 6.07) is 0.934. The summed E-state index contributed by atoms with van der Waals surface area (Å²) in [5.41, 5.74) is 1.78. The Morgan fingerprint density at radius 3 is 2.46 bits per heavy atom. The number of hydrogen-bond donors (Lipinski definition) is 2. The Balaban J connectivity index is 2.00. The number of amides is 1. The Morgan fingerprint density at radius 1 is 1.21 bits per heavy atom. The molecule has 1 aromatic rings. The SMILES string of the molecule is O=C(C[C@@H]1CCS(=O)(=O)C1)NNS(=O)(=O)c1ccc(F)c(F)c1F. The van der Waals surface area contributed by atoms with Crippen molar-refractivity contribution in [1.82, 2.24) is 10.3 Å². The van der Waals surface area contributed by atoms with Crippen LogP contribution in [-0.4, -0.2) is 34.2 Å². The molecule has 1 amide bonds. The molecule has 134 valence electrons. The highest BCUT2D eigenvalue weighted by molar-refractivity contribution is 7.91. The Labute approximate surface area is 136 Å². The van der Waals surface area contributed by atoms with Crippen LogP contribution in [0.2, 0.25) is 0 Å². The molecule has 1 heterocycles. The molecule has 0 bridgehead atoms. The van der Waals surface area contributed by atoms with Crippen LogP contribution in [0, 0.1) is 23.4 Å². The van der Waals surface area contributed by atoms with Crippen molar-refractivity contribution in [3.63, 3.8) is 0 Å². The van der Waals surface area contributed by atoms with Crippen LogP contribution in [0.1, 0.15) is 12.8 Å². The summed E-state index contributed by atoms with van der Waals surface area (Å²) in [6.45, 7) is 0. The van der Waals surface area contributed by atoms with E-state index in [-0.39, 0.29) is 24.3 Å². The molecule has 1 atom stereocenters. The van der Waals surface area contributed by atoms with Gasteiger partial charge in [-0.05, 0) is 24.5 Å². The molecule has 0 aliphatic carbocycles. The highest BCUT2D eigenvalue weighted by Crippen LogP contribution is 2.21. The van der Waals surface area contributed by atoms with Crippen molar-refractivity contribution in [3.8, 4) is 0 Å². The van der Waals surface area contributed by atoms with Crippen molar-refractivity contribution in [3.05, 3.63) is 29.6 Å². The van der Waals surface area contributed by atoms with Crippen molar-refractivity contribution in [2.45, 2.75) is 17.7 Å². The second kappa shape index (κ2) is 6.69. The number of rotatable bonds is 5. The average molecular weight is 386 g/mol. The molecule has 1 aromatic carbocycles. The molecule has 0 radical (unpaired) electrons. The third-order valence-electron chi connectivity index (χ3n) is 3.41. The van der Waals surface area contributed by atoms with Crippen LogP contribution in [0.3, 0.4) is 0 Å². The molecule has 0 unspecified atom stereocenters. The van der Waals surface area contributed by atoms with E-state index in [1.807, 2.05) is 0 Å². The topological polar surface area (TPSA) is 109 Å². The number of halogens is 3. The first-order valence-corrected chi connectivity index (χ1v) is 9.97. The van der Waals surface area contributed by atoms with Crippen LogP contribution in [0.4, 0.5) is 13.2 Å². The fourth-order valence-corrected chi connectivity index (χ4v) is 5.03. The molecular weight excluding hydrogens is 373 g/mol. The number of sulfone groups is 1. The highest BCUT2D eigenvalue weighted by atomic mass is 32.2. The molecule has 0 spiro atoms. The second-order valence-corrected chi connectivity index (χ2v) is 9.18. The quantitative estimate of drug-likeness (QED) is 0.557. The van der Waals surface area contributed by atoms with Crippen LogP contribution in [0.5, 0.6) is 0 Å². The van der Waals surface area contributed by atoms with Crippen molar-refractivity contribution in [1.29, 1.82) is 0 Å². The minimum Gasteiger partial charge on any atom is -0.278 e. The van der Waals surface area contributed by atoms with E-state index in [1.54, 1.807) is 10.3 Å². The summed E-state index contributed by atoms with van der Waals surface area (Å²) in [5, 5.41) is 0. The first-order valence-electron chi connectivity index (χ1n) is 6.66. The largest absolute Gasteiger partial charge is 0.278 e. The first kappa shape index (κ1) is 18.7. The number of carbonyl (C=O) groups excluding carboxylic acids is 1. The molecule has 1 fully saturated rings. The van der Waals surface area contributed by atoms with E-state index in [4.69, 9.17) is 0 Å². The van der Waals surface area contributed by atoms with Crippen molar-refractivity contribution < 1.29 is 34.8 Å².